The molecule has 4 aromatic rings. The number of aromatic amines is 1. The van der Waals surface area contributed by atoms with Gasteiger partial charge in [-0.3, -0.25) is 4.79 Å². The van der Waals surface area contributed by atoms with Gasteiger partial charge in [-0.2, -0.15) is 0 Å². The number of pyridine rings is 1. The number of thiazole rings is 1. The Kier molecular flexibility index (Phi) is 3.61. The summed E-state index contributed by atoms with van der Waals surface area (Å²) in [6.07, 6.45) is 1.13. The van der Waals surface area contributed by atoms with Crippen LogP contribution in [0.3, 0.4) is 0 Å². The van der Waals surface area contributed by atoms with Crippen molar-refractivity contribution in [2.24, 2.45) is 5.92 Å². The van der Waals surface area contributed by atoms with Gasteiger partial charge in [-0.1, -0.05) is 0 Å². The van der Waals surface area contributed by atoms with Crippen molar-refractivity contribution < 1.29 is 13.9 Å². The van der Waals surface area contributed by atoms with Crippen LogP contribution in [-0.4, -0.2) is 34.1 Å². The molecule has 6 nitrogen and oxygen atoms in total. The molecule has 1 saturated carbocycles. The second kappa shape index (κ2) is 6.02. The van der Waals surface area contributed by atoms with Crippen LogP contribution in [0.1, 0.15) is 6.42 Å². The Balaban J connectivity index is 1.54. The van der Waals surface area contributed by atoms with Crippen molar-refractivity contribution in [1.82, 2.24) is 15.0 Å². The zero-order valence-electron chi connectivity index (χ0n) is 14.3. The minimum atomic E-state index is -1.03. The van der Waals surface area contributed by atoms with Gasteiger partial charge in [-0.05, 0) is 24.6 Å². The van der Waals surface area contributed by atoms with Crippen LogP contribution in [0.4, 0.5) is 10.2 Å². The molecule has 0 aliphatic heterocycles. The second-order valence-electron chi connectivity index (χ2n) is 6.52. The van der Waals surface area contributed by atoms with Crippen molar-refractivity contribution in [3.05, 3.63) is 36.0 Å². The van der Waals surface area contributed by atoms with Crippen molar-refractivity contribution in [3.63, 3.8) is 0 Å². The molecule has 27 heavy (non-hydrogen) atoms. The third-order valence-corrected chi connectivity index (χ3v) is 5.57. The van der Waals surface area contributed by atoms with E-state index >= 15 is 0 Å². The van der Waals surface area contributed by atoms with Gasteiger partial charge in [0, 0.05) is 28.8 Å². The lowest BCUT2D eigenvalue weighted by atomic mass is 10.0. The molecule has 0 radical (unpaired) electrons. The molecule has 3 aromatic heterocycles. The smallest absolute Gasteiger partial charge is 0.231 e. The predicted molar refractivity (Wildman–Crippen MR) is 103 cm³/mol. The summed E-state index contributed by atoms with van der Waals surface area (Å²) >= 11 is 1.57. The van der Waals surface area contributed by atoms with Crippen molar-refractivity contribution in [1.29, 1.82) is 0 Å². The Morgan fingerprint density at radius 3 is 3.00 bits per heavy atom. The number of carbonyl (C=O) groups excluding carboxylic acids is 1. The number of H-pyrrole nitrogens is 1. The highest BCUT2D eigenvalue weighted by Crippen LogP contribution is 2.39. The van der Waals surface area contributed by atoms with Gasteiger partial charge in [0.1, 0.15) is 23.4 Å². The first-order valence-corrected chi connectivity index (χ1v) is 9.36. The van der Waals surface area contributed by atoms with Gasteiger partial charge in [0.15, 0.2) is 0 Å². The summed E-state index contributed by atoms with van der Waals surface area (Å²) in [4.78, 5) is 23.8. The third-order valence-electron chi connectivity index (χ3n) is 4.78. The Hall–Kier alpha value is -3.00. The van der Waals surface area contributed by atoms with E-state index < -0.39 is 12.1 Å². The topological polar surface area (TPSA) is 79.9 Å². The fraction of sp³-hybridized carbons (Fsp3) is 0.211. The number of benzene rings is 1. The van der Waals surface area contributed by atoms with E-state index in [0.717, 1.165) is 32.5 Å². The number of nitrogens with one attached hydrogen (secondary N) is 2. The molecule has 0 saturated heterocycles. The quantitative estimate of drug-likeness (QED) is 0.556. The summed E-state index contributed by atoms with van der Waals surface area (Å²) in [6, 6.07) is 7.59. The highest BCUT2D eigenvalue weighted by molar-refractivity contribution is 7.16. The first-order valence-electron chi connectivity index (χ1n) is 8.48. The highest BCUT2D eigenvalue weighted by atomic mass is 32.1. The number of carbonyl (C=O) groups is 1. The Bertz CT molecular complexity index is 1190. The lowest BCUT2D eigenvalue weighted by molar-refractivity contribution is -0.117. The molecule has 2 N–H and O–H groups in total. The number of rotatable bonds is 4. The molecule has 1 amide bonds. The molecule has 1 aliphatic carbocycles. The van der Waals surface area contributed by atoms with Crippen LogP contribution in [0.5, 0.6) is 5.75 Å². The average Bonchev–Trinajstić information content (AvgIpc) is 3.07. The third kappa shape index (κ3) is 2.73. The minimum Gasteiger partial charge on any atom is -0.496 e. The number of alkyl halides is 1. The summed E-state index contributed by atoms with van der Waals surface area (Å²) in [5.74, 6) is 0.273. The highest BCUT2D eigenvalue weighted by Gasteiger charge is 2.43. The molecular formula is C19H15FN4O2S. The molecule has 1 aromatic carbocycles. The maximum absolute atomic E-state index is 13.0. The predicted octanol–water partition coefficient (Wildman–Crippen LogP) is 4.14. The molecule has 136 valence electrons. The number of hydrogen-bond donors (Lipinski definition) is 2. The molecule has 0 spiro atoms. The Morgan fingerprint density at radius 2 is 2.22 bits per heavy atom. The molecule has 1 aliphatic rings. The number of methoxy groups -OCH3 is 1. The summed E-state index contributed by atoms with van der Waals surface area (Å²) in [7, 11) is 1.63. The van der Waals surface area contributed by atoms with Crippen molar-refractivity contribution in [2.45, 2.75) is 12.6 Å². The largest absolute Gasteiger partial charge is 0.496 e. The van der Waals surface area contributed by atoms with Crippen LogP contribution in [-0.2, 0) is 4.79 Å². The van der Waals surface area contributed by atoms with Crippen molar-refractivity contribution in [2.75, 3.05) is 12.4 Å². The van der Waals surface area contributed by atoms with E-state index in [-0.39, 0.29) is 5.91 Å². The number of anilines is 1. The van der Waals surface area contributed by atoms with Crippen molar-refractivity contribution >= 4 is 44.3 Å². The maximum Gasteiger partial charge on any atom is 0.231 e. The number of nitrogens with zero attached hydrogens (tertiary/aromatic N) is 2. The standard InChI is InChI=1S/C19H15FN4O2S/c1-26-15-6-14-16(27-8-22-14)5-10(15)12-7-21-18-9(12)2-3-17(23-18)24-19(25)11-4-13(11)20/h2-3,5-8,11,13H,4H2,1H3,(H2,21,23,24,25)/t11-,13+/m1/s1. The zero-order chi connectivity index (χ0) is 18.5. The molecule has 5 rings (SSSR count). The lowest BCUT2D eigenvalue weighted by Crippen LogP contribution is -2.15. The van der Waals surface area contributed by atoms with Crippen molar-refractivity contribution in [3.8, 4) is 16.9 Å². The Morgan fingerprint density at radius 1 is 1.37 bits per heavy atom. The van der Waals surface area contributed by atoms with E-state index in [9.17, 15) is 9.18 Å². The van der Waals surface area contributed by atoms with Crippen LogP contribution in [0, 0.1) is 5.92 Å². The van der Waals surface area contributed by atoms with E-state index in [4.69, 9.17) is 4.74 Å². The first-order chi connectivity index (χ1) is 13.1. The number of aromatic nitrogens is 3. The number of halogens is 1. The van der Waals surface area contributed by atoms with E-state index in [0.29, 0.717) is 17.9 Å². The van der Waals surface area contributed by atoms with Crippen LogP contribution >= 0.6 is 11.3 Å². The monoisotopic (exact) mass is 382 g/mol. The van der Waals surface area contributed by atoms with E-state index in [1.54, 1.807) is 24.5 Å². The SMILES string of the molecule is COc1cc2ncsc2cc1-c1c[nH]c2nc(NC(=O)[C@@H]3C[C@@H]3F)ccc12. The van der Waals surface area contributed by atoms with E-state index in [2.05, 4.69) is 26.3 Å². The summed E-state index contributed by atoms with van der Waals surface area (Å²) in [6.45, 7) is 0. The summed E-state index contributed by atoms with van der Waals surface area (Å²) < 4.78 is 19.7. The van der Waals surface area contributed by atoms with Crippen LogP contribution in [0.2, 0.25) is 0 Å². The molecule has 0 bridgehead atoms. The van der Waals surface area contributed by atoms with Gasteiger partial charge in [0.25, 0.3) is 0 Å². The number of fused-ring (bicyclic) bond motifs is 2. The summed E-state index contributed by atoms with van der Waals surface area (Å²) in [5, 5.41) is 3.58. The molecule has 3 heterocycles. The van der Waals surface area contributed by atoms with Gasteiger partial charge in [0.05, 0.1) is 28.8 Å². The molecule has 8 heteroatoms. The normalized spacial score (nSPS) is 18.7. The minimum absolute atomic E-state index is 0.292. The zero-order valence-corrected chi connectivity index (χ0v) is 15.1. The van der Waals surface area contributed by atoms with E-state index in [1.165, 1.54) is 0 Å². The van der Waals surface area contributed by atoms with Crippen LogP contribution in [0.15, 0.2) is 36.0 Å². The summed E-state index contributed by atoms with van der Waals surface area (Å²) in [5.41, 5.74) is 5.24. The number of hydrogen-bond acceptors (Lipinski definition) is 5. The van der Waals surface area contributed by atoms with Gasteiger partial charge in [-0.15, -0.1) is 11.3 Å². The molecular weight excluding hydrogens is 367 g/mol. The maximum atomic E-state index is 13.0. The van der Waals surface area contributed by atoms with Crippen LogP contribution in [0.25, 0.3) is 32.4 Å². The number of amides is 1. The number of ether oxygens (including phenoxy) is 1. The van der Waals surface area contributed by atoms with Gasteiger partial charge >= 0.3 is 0 Å². The van der Waals surface area contributed by atoms with Gasteiger partial charge in [-0.25, -0.2) is 14.4 Å². The van der Waals surface area contributed by atoms with Gasteiger partial charge in [0.2, 0.25) is 5.91 Å². The first kappa shape index (κ1) is 16.2. The average molecular weight is 382 g/mol. The molecule has 1 fully saturated rings. The van der Waals surface area contributed by atoms with Crippen LogP contribution < -0.4 is 10.1 Å². The fourth-order valence-electron chi connectivity index (χ4n) is 3.22. The molecule has 0 unspecified atom stereocenters. The van der Waals surface area contributed by atoms with Gasteiger partial charge < -0.3 is 15.0 Å². The second-order valence-corrected chi connectivity index (χ2v) is 7.40. The fourth-order valence-corrected chi connectivity index (χ4v) is 3.91. The molecule has 2 atom stereocenters. The Labute approximate surface area is 157 Å². The van der Waals surface area contributed by atoms with E-state index in [1.807, 2.05) is 23.8 Å². The lowest BCUT2D eigenvalue weighted by Gasteiger charge is -2.08.